The lowest BCUT2D eigenvalue weighted by Gasteiger charge is -2.10. The normalized spacial score (nSPS) is 11.9. The van der Waals surface area contributed by atoms with Gasteiger partial charge in [-0.15, -0.1) is 11.3 Å². The standard InChI is InChI=1S/C20H21N3O3S/c1-13(12-24)22-19(26)11-21-18(25)10-20-23-16-8-7-15(9-17(16)27-20)14-5-3-2-4-6-14/h2-9,13,24H,10-12H2,1H3,(H,21,25)(H,22,26). The summed E-state index contributed by atoms with van der Waals surface area (Å²) in [6.45, 7) is 1.42. The zero-order valence-electron chi connectivity index (χ0n) is 14.9. The molecule has 0 aliphatic rings. The third kappa shape index (κ3) is 5.12. The Morgan fingerprint density at radius 3 is 2.63 bits per heavy atom. The van der Waals surface area contributed by atoms with Gasteiger partial charge in [-0.2, -0.15) is 0 Å². The summed E-state index contributed by atoms with van der Waals surface area (Å²) in [5, 5.41) is 14.8. The molecular formula is C20H21N3O3S. The van der Waals surface area contributed by atoms with E-state index in [-0.39, 0.29) is 37.4 Å². The fourth-order valence-electron chi connectivity index (χ4n) is 2.61. The highest BCUT2D eigenvalue weighted by atomic mass is 32.1. The average Bonchev–Trinajstić information content (AvgIpc) is 3.08. The van der Waals surface area contributed by atoms with Crippen molar-refractivity contribution in [2.45, 2.75) is 19.4 Å². The molecule has 2 aromatic carbocycles. The third-order valence-corrected chi connectivity index (χ3v) is 5.00. The molecule has 3 rings (SSSR count). The van der Waals surface area contributed by atoms with Crippen LogP contribution in [0.15, 0.2) is 48.5 Å². The van der Waals surface area contributed by atoms with Gasteiger partial charge in [-0.25, -0.2) is 4.98 Å². The number of benzene rings is 2. The number of thiazole rings is 1. The van der Waals surface area contributed by atoms with Crippen molar-refractivity contribution in [2.75, 3.05) is 13.2 Å². The van der Waals surface area contributed by atoms with Crippen molar-refractivity contribution in [3.8, 4) is 11.1 Å². The van der Waals surface area contributed by atoms with Gasteiger partial charge in [-0.05, 0) is 30.2 Å². The monoisotopic (exact) mass is 383 g/mol. The lowest BCUT2D eigenvalue weighted by molar-refractivity contribution is -0.126. The number of hydrogen-bond donors (Lipinski definition) is 3. The molecule has 3 aromatic rings. The van der Waals surface area contributed by atoms with E-state index >= 15 is 0 Å². The fourth-order valence-corrected chi connectivity index (χ4v) is 3.61. The van der Waals surface area contributed by atoms with E-state index in [9.17, 15) is 9.59 Å². The molecule has 7 heteroatoms. The number of aliphatic hydroxyl groups excluding tert-OH is 1. The zero-order chi connectivity index (χ0) is 19.2. The average molecular weight is 383 g/mol. The first-order valence-electron chi connectivity index (χ1n) is 8.67. The summed E-state index contributed by atoms with van der Waals surface area (Å²) in [7, 11) is 0. The Kier molecular flexibility index (Phi) is 6.16. The van der Waals surface area contributed by atoms with Gasteiger partial charge in [0.15, 0.2) is 0 Å². The van der Waals surface area contributed by atoms with Gasteiger partial charge in [0.05, 0.1) is 29.8 Å². The zero-order valence-corrected chi connectivity index (χ0v) is 15.8. The van der Waals surface area contributed by atoms with Crippen molar-refractivity contribution >= 4 is 33.4 Å². The molecule has 6 nitrogen and oxygen atoms in total. The molecule has 0 bridgehead atoms. The first kappa shape index (κ1) is 19.0. The molecule has 0 radical (unpaired) electrons. The Hall–Kier alpha value is -2.77. The largest absolute Gasteiger partial charge is 0.394 e. The second kappa shape index (κ2) is 8.75. The molecule has 1 atom stereocenters. The van der Waals surface area contributed by atoms with Crippen LogP contribution in [0.5, 0.6) is 0 Å². The van der Waals surface area contributed by atoms with Gasteiger partial charge in [0, 0.05) is 6.04 Å². The van der Waals surface area contributed by atoms with E-state index in [0.717, 1.165) is 21.3 Å². The van der Waals surface area contributed by atoms with Crippen molar-refractivity contribution < 1.29 is 14.7 Å². The Morgan fingerprint density at radius 2 is 1.89 bits per heavy atom. The van der Waals surface area contributed by atoms with E-state index in [0.29, 0.717) is 5.01 Å². The van der Waals surface area contributed by atoms with Gasteiger partial charge in [-0.1, -0.05) is 36.4 Å². The van der Waals surface area contributed by atoms with Crippen molar-refractivity contribution in [2.24, 2.45) is 0 Å². The number of aromatic nitrogens is 1. The summed E-state index contributed by atoms with van der Waals surface area (Å²) >= 11 is 1.48. The van der Waals surface area contributed by atoms with Gasteiger partial charge < -0.3 is 15.7 Å². The maximum atomic E-state index is 12.1. The lowest BCUT2D eigenvalue weighted by atomic mass is 10.1. The van der Waals surface area contributed by atoms with Crippen LogP contribution in [-0.4, -0.2) is 41.1 Å². The quantitative estimate of drug-likeness (QED) is 0.583. The van der Waals surface area contributed by atoms with Crippen molar-refractivity contribution in [3.63, 3.8) is 0 Å². The number of nitrogens with one attached hydrogen (secondary N) is 2. The predicted octanol–water partition coefficient (Wildman–Crippen LogP) is 2.12. The van der Waals surface area contributed by atoms with Crippen LogP contribution in [0.25, 0.3) is 21.3 Å². The van der Waals surface area contributed by atoms with Crippen molar-refractivity contribution in [1.82, 2.24) is 15.6 Å². The molecule has 0 saturated carbocycles. The molecule has 3 N–H and O–H groups in total. The van der Waals surface area contributed by atoms with Gasteiger partial charge in [0.1, 0.15) is 5.01 Å². The van der Waals surface area contributed by atoms with Crippen LogP contribution < -0.4 is 10.6 Å². The highest BCUT2D eigenvalue weighted by Gasteiger charge is 2.12. The minimum atomic E-state index is -0.336. The SMILES string of the molecule is CC(CO)NC(=O)CNC(=O)Cc1nc2ccc(-c3ccccc3)cc2s1. The summed E-state index contributed by atoms with van der Waals surface area (Å²) in [6.07, 6.45) is 0.128. The molecule has 140 valence electrons. The van der Waals surface area contributed by atoms with Gasteiger partial charge in [-0.3, -0.25) is 9.59 Å². The smallest absolute Gasteiger partial charge is 0.239 e. The molecule has 27 heavy (non-hydrogen) atoms. The van der Waals surface area contributed by atoms with Crippen LogP contribution in [-0.2, 0) is 16.0 Å². The van der Waals surface area contributed by atoms with E-state index in [1.165, 1.54) is 11.3 Å². The minimum Gasteiger partial charge on any atom is -0.394 e. The summed E-state index contributed by atoms with van der Waals surface area (Å²) in [5.74, 6) is -0.592. The van der Waals surface area contributed by atoms with Crippen LogP contribution in [0.4, 0.5) is 0 Å². The molecule has 0 aliphatic carbocycles. The second-order valence-electron chi connectivity index (χ2n) is 6.26. The number of aliphatic hydroxyl groups is 1. The molecule has 0 saturated heterocycles. The van der Waals surface area contributed by atoms with E-state index in [1.54, 1.807) is 6.92 Å². The summed E-state index contributed by atoms with van der Waals surface area (Å²) in [5.41, 5.74) is 3.10. The Morgan fingerprint density at radius 1 is 1.11 bits per heavy atom. The topological polar surface area (TPSA) is 91.3 Å². The van der Waals surface area contributed by atoms with Gasteiger partial charge >= 0.3 is 0 Å². The maximum absolute atomic E-state index is 12.1. The van der Waals surface area contributed by atoms with Crippen LogP contribution in [0, 0.1) is 0 Å². The fraction of sp³-hybridized carbons (Fsp3) is 0.250. The van der Waals surface area contributed by atoms with Crippen molar-refractivity contribution in [3.05, 3.63) is 53.5 Å². The van der Waals surface area contributed by atoms with E-state index in [1.807, 2.05) is 30.3 Å². The Bertz CT molecular complexity index is 940. The van der Waals surface area contributed by atoms with E-state index in [2.05, 4.69) is 33.8 Å². The molecule has 1 unspecified atom stereocenters. The number of rotatable bonds is 7. The molecule has 0 fully saturated rings. The highest BCUT2D eigenvalue weighted by Crippen LogP contribution is 2.28. The summed E-state index contributed by atoms with van der Waals surface area (Å²) in [6, 6.07) is 15.8. The van der Waals surface area contributed by atoms with E-state index < -0.39 is 0 Å². The van der Waals surface area contributed by atoms with E-state index in [4.69, 9.17) is 5.11 Å². The van der Waals surface area contributed by atoms with Gasteiger partial charge in [0.2, 0.25) is 11.8 Å². The van der Waals surface area contributed by atoms with Crippen LogP contribution in [0.2, 0.25) is 0 Å². The maximum Gasteiger partial charge on any atom is 0.239 e. The molecule has 2 amide bonds. The molecule has 1 aromatic heterocycles. The van der Waals surface area contributed by atoms with Gasteiger partial charge in [0.25, 0.3) is 0 Å². The molecule has 0 spiro atoms. The first-order chi connectivity index (χ1) is 13.0. The van der Waals surface area contributed by atoms with Crippen LogP contribution in [0.1, 0.15) is 11.9 Å². The molecule has 0 aliphatic heterocycles. The minimum absolute atomic E-state index is 0.119. The summed E-state index contributed by atoms with van der Waals surface area (Å²) < 4.78 is 1.02. The number of nitrogens with zero attached hydrogens (tertiary/aromatic N) is 1. The number of carbonyl (C=O) groups is 2. The first-order valence-corrected chi connectivity index (χ1v) is 9.48. The lowest BCUT2D eigenvalue weighted by Crippen LogP contribution is -2.42. The Balaban J connectivity index is 1.62. The number of fused-ring (bicyclic) bond motifs is 1. The summed E-state index contributed by atoms with van der Waals surface area (Å²) in [4.78, 5) is 28.2. The third-order valence-electron chi connectivity index (χ3n) is 3.98. The van der Waals surface area contributed by atoms with Crippen LogP contribution >= 0.6 is 11.3 Å². The molecule has 1 heterocycles. The second-order valence-corrected chi connectivity index (χ2v) is 7.38. The Labute approximate surface area is 161 Å². The molecular weight excluding hydrogens is 362 g/mol. The highest BCUT2D eigenvalue weighted by molar-refractivity contribution is 7.18. The van der Waals surface area contributed by atoms with Crippen LogP contribution in [0.3, 0.4) is 0 Å². The number of carbonyl (C=O) groups excluding carboxylic acids is 2. The number of amides is 2. The van der Waals surface area contributed by atoms with Crippen molar-refractivity contribution in [1.29, 1.82) is 0 Å². The number of hydrogen-bond acceptors (Lipinski definition) is 5. The predicted molar refractivity (Wildman–Crippen MR) is 106 cm³/mol.